The molecular weight excluding hydrogens is 322 g/mol. The second-order valence-corrected chi connectivity index (χ2v) is 9.00. The fourth-order valence-corrected chi connectivity index (χ4v) is 3.97. The van der Waals surface area contributed by atoms with Crippen LogP contribution in [0.5, 0.6) is 0 Å². The second kappa shape index (κ2) is 6.82. The van der Waals surface area contributed by atoms with E-state index in [-0.39, 0.29) is 23.1 Å². The lowest BCUT2D eigenvalue weighted by atomic mass is 9.93. The maximum absolute atomic E-state index is 12.3. The van der Waals surface area contributed by atoms with Crippen LogP contribution in [0.2, 0.25) is 0 Å². The lowest BCUT2D eigenvalue weighted by molar-refractivity contribution is -0.129. The number of nitrogens with zero attached hydrogens (tertiary/aromatic N) is 2. The average molecular weight is 350 g/mol. The van der Waals surface area contributed by atoms with Gasteiger partial charge in [-0.25, -0.2) is 4.98 Å². The average Bonchev–Trinajstić information content (AvgIpc) is 3.04. The van der Waals surface area contributed by atoms with Crippen LogP contribution in [0.3, 0.4) is 0 Å². The van der Waals surface area contributed by atoms with Crippen LogP contribution >= 0.6 is 11.3 Å². The third-order valence-corrected chi connectivity index (χ3v) is 5.63. The number of amides is 2. The molecule has 6 heteroatoms. The monoisotopic (exact) mass is 349 g/mol. The van der Waals surface area contributed by atoms with Gasteiger partial charge in [0.15, 0.2) is 0 Å². The number of hydrogen-bond donors (Lipinski definition) is 1. The predicted molar refractivity (Wildman–Crippen MR) is 94.9 cm³/mol. The molecule has 0 aromatic carbocycles. The van der Waals surface area contributed by atoms with Crippen LogP contribution in [-0.2, 0) is 21.4 Å². The van der Waals surface area contributed by atoms with E-state index in [1.165, 1.54) is 12.8 Å². The van der Waals surface area contributed by atoms with Crippen molar-refractivity contribution >= 4 is 23.2 Å². The molecule has 3 rings (SSSR count). The number of aromatic nitrogens is 1. The van der Waals surface area contributed by atoms with E-state index in [2.05, 4.69) is 36.5 Å². The summed E-state index contributed by atoms with van der Waals surface area (Å²) < 4.78 is 0. The Labute approximate surface area is 147 Å². The second-order valence-electron chi connectivity index (χ2n) is 8.06. The third kappa shape index (κ3) is 4.35. The lowest BCUT2D eigenvalue weighted by Gasteiger charge is -2.16. The minimum Gasteiger partial charge on any atom is -0.355 e. The Morgan fingerprint density at radius 3 is 2.79 bits per heavy atom. The Hall–Kier alpha value is -1.43. The molecule has 1 aromatic rings. The maximum atomic E-state index is 12.3. The summed E-state index contributed by atoms with van der Waals surface area (Å²) in [4.78, 5) is 30.8. The summed E-state index contributed by atoms with van der Waals surface area (Å²) in [5.41, 5.74) is 1.17. The molecule has 1 saturated heterocycles. The van der Waals surface area contributed by atoms with Crippen LogP contribution in [0.1, 0.15) is 50.7 Å². The quantitative estimate of drug-likeness (QED) is 0.857. The van der Waals surface area contributed by atoms with Gasteiger partial charge in [0.05, 0.1) is 16.6 Å². The number of thiazole rings is 1. The molecule has 1 aromatic heterocycles. The maximum Gasteiger partial charge on any atom is 0.225 e. The van der Waals surface area contributed by atoms with E-state index in [4.69, 9.17) is 0 Å². The van der Waals surface area contributed by atoms with Crippen LogP contribution in [0, 0.1) is 11.8 Å². The van der Waals surface area contributed by atoms with Gasteiger partial charge in [-0.2, -0.15) is 0 Å². The highest BCUT2D eigenvalue weighted by molar-refractivity contribution is 7.09. The molecule has 1 atom stereocenters. The molecule has 2 heterocycles. The summed E-state index contributed by atoms with van der Waals surface area (Å²) in [6.07, 6.45) is 3.57. The van der Waals surface area contributed by atoms with Gasteiger partial charge >= 0.3 is 0 Å². The number of rotatable bonds is 6. The van der Waals surface area contributed by atoms with E-state index in [9.17, 15) is 9.59 Å². The minimum atomic E-state index is -0.183. The molecule has 24 heavy (non-hydrogen) atoms. The SMILES string of the molecule is CC(C)(C)c1csc(CCNC(=O)[C@@H]2CC(=O)N(CC3CC3)C2)n1. The molecule has 132 valence electrons. The first-order valence-corrected chi connectivity index (χ1v) is 9.71. The molecule has 1 aliphatic carbocycles. The van der Waals surface area contributed by atoms with Crippen molar-refractivity contribution in [2.24, 2.45) is 11.8 Å². The van der Waals surface area contributed by atoms with Gasteiger partial charge in [-0.3, -0.25) is 9.59 Å². The highest BCUT2D eigenvalue weighted by Crippen LogP contribution is 2.32. The highest BCUT2D eigenvalue weighted by Gasteiger charge is 2.36. The predicted octanol–water partition coefficient (Wildman–Crippen LogP) is 2.36. The van der Waals surface area contributed by atoms with E-state index in [1.807, 2.05) is 4.90 Å². The standard InChI is InChI=1S/C18H27N3O2S/c1-18(2,3)14-11-24-15(20-14)6-7-19-17(23)13-8-16(22)21(10-13)9-12-4-5-12/h11-13H,4-10H2,1-3H3,(H,19,23)/t13-/m1/s1. The van der Waals surface area contributed by atoms with Crippen LogP contribution in [0.15, 0.2) is 5.38 Å². The summed E-state index contributed by atoms with van der Waals surface area (Å²) in [6.45, 7) is 8.47. The van der Waals surface area contributed by atoms with Gasteiger partial charge in [-0.05, 0) is 18.8 Å². The van der Waals surface area contributed by atoms with Crippen LogP contribution < -0.4 is 5.32 Å². The van der Waals surface area contributed by atoms with Crippen molar-refractivity contribution in [2.75, 3.05) is 19.6 Å². The summed E-state index contributed by atoms with van der Waals surface area (Å²) >= 11 is 1.65. The molecule has 1 N–H and O–H groups in total. The normalized spacial score (nSPS) is 21.4. The molecule has 2 amide bonds. The zero-order chi connectivity index (χ0) is 17.3. The molecule has 1 aliphatic heterocycles. The Bertz CT molecular complexity index is 616. The largest absolute Gasteiger partial charge is 0.355 e. The third-order valence-electron chi connectivity index (χ3n) is 4.72. The van der Waals surface area contributed by atoms with Gasteiger partial charge in [-0.1, -0.05) is 20.8 Å². The van der Waals surface area contributed by atoms with E-state index >= 15 is 0 Å². The number of carbonyl (C=O) groups excluding carboxylic acids is 2. The van der Waals surface area contributed by atoms with Crippen molar-refractivity contribution in [2.45, 2.75) is 51.9 Å². The van der Waals surface area contributed by atoms with Gasteiger partial charge in [0.25, 0.3) is 0 Å². The summed E-state index contributed by atoms with van der Waals surface area (Å²) in [7, 11) is 0. The van der Waals surface area contributed by atoms with Crippen molar-refractivity contribution < 1.29 is 9.59 Å². The minimum absolute atomic E-state index is 0.00856. The molecule has 0 unspecified atom stereocenters. The molecule has 1 saturated carbocycles. The van der Waals surface area contributed by atoms with E-state index in [0.717, 1.165) is 23.7 Å². The topological polar surface area (TPSA) is 62.3 Å². The number of hydrogen-bond acceptors (Lipinski definition) is 4. The zero-order valence-corrected chi connectivity index (χ0v) is 15.6. The van der Waals surface area contributed by atoms with E-state index in [0.29, 0.717) is 25.4 Å². The fourth-order valence-electron chi connectivity index (χ4n) is 2.94. The van der Waals surface area contributed by atoms with E-state index in [1.54, 1.807) is 11.3 Å². The van der Waals surface area contributed by atoms with Crippen LogP contribution in [0.25, 0.3) is 0 Å². The Morgan fingerprint density at radius 1 is 1.42 bits per heavy atom. The fraction of sp³-hybridized carbons (Fsp3) is 0.722. The number of likely N-dealkylation sites (tertiary alicyclic amines) is 1. The van der Waals surface area contributed by atoms with Crippen LogP contribution in [-0.4, -0.2) is 41.3 Å². The Morgan fingerprint density at radius 2 is 2.17 bits per heavy atom. The molecule has 0 bridgehead atoms. The first-order chi connectivity index (χ1) is 11.3. The van der Waals surface area contributed by atoms with Crippen molar-refractivity contribution in [1.29, 1.82) is 0 Å². The Kier molecular flexibility index (Phi) is 4.95. The number of carbonyl (C=O) groups is 2. The highest BCUT2D eigenvalue weighted by atomic mass is 32.1. The summed E-state index contributed by atoms with van der Waals surface area (Å²) in [5.74, 6) is 0.640. The lowest BCUT2D eigenvalue weighted by Crippen LogP contribution is -2.34. The van der Waals surface area contributed by atoms with Gasteiger partial charge in [0.2, 0.25) is 11.8 Å². The van der Waals surface area contributed by atoms with Gasteiger partial charge in [-0.15, -0.1) is 11.3 Å². The van der Waals surface area contributed by atoms with E-state index < -0.39 is 0 Å². The van der Waals surface area contributed by atoms with Crippen molar-refractivity contribution in [1.82, 2.24) is 15.2 Å². The Balaban J connectivity index is 1.42. The van der Waals surface area contributed by atoms with Crippen LogP contribution in [0.4, 0.5) is 0 Å². The first-order valence-electron chi connectivity index (χ1n) is 8.83. The summed E-state index contributed by atoms with van der Waals surface area (Å²) in [6, 6.07) is 0. The molecule has 0 radical (unpaired) electrons. The van der Waals surface area contributed by atoms with Gasteiger partial charge in [0.1, 0.15) is 0 Å². The number of nitrogens with one attached hydrogen (secondary N) is 1. The smallest absolute Gasteiger partial charge is 0.225 e. The molecule has 5 nitrogen and oxygen atoms in total. The van der Waals surface area contributed by atoms with Crippen molar-refractivity contribution in [3.63, 3.8) is 0 Å². The molecule has 2 fully saturated rings. The molecular formula is C18H27N3O2S. The van der Waals surface area contributed by atoms with Crippen molar-refractivity contribution in [3.8, 4) is 0 Å². The molecule has 0 spiro atoms. The first kappa shape index (κ1) is 17.4. The molecule has 2 aliphatic rings. The zero-order valence-electron chi connectivity index (χ0n) is 14.8. The van der Waals surface area contributed by atoms with Gasteiger partial charge < -0.3 is 10.2 Å². The summed E-state index contributed by atoms with van der Waals surface area (Å²) in [5, 5.41) is 6.13. The van der Waals surface area contributed by atoms with Gasteiger partial charge in [0, 0.05) is 43.3 Å². The van der Waals surface area contributed by atoms with Crippen molar-refractivity contribution in [3.05, 3.63) is 16.1 Å².